The predicted molar refractivity (Wildman–Crippen MR) is 107 cm³/mol. The summed E-state index contributed by atoms with van der Waals surface area (Å²) < 4.78 is 40.6. The molecule has 1 aliphatic rings. The van der Waals surface area contributed by atoms with Crippen LogP contribution in [0.1, 0.15) is 12.8 Å². The zero-order valence-corrected chi connectivity index (χ0v) is 16.3. The lowest BCUT2D eigenvalue weighted by molar-refractivity contribution is -0.274. The number of aromatic nitrogens is 4. The van der Waals surface area contributed by atoms with E-state index in [1.54, 1.807) is 6.20 Å². The van der Waals surface area contributed by atoms with Crippen molar-refractivity contribution in [3.63, 3.8) is 0 Å². The highest BCUT2D eigenvalue weighted by Gasteiger charge is 2.31. The molecule has 0 bridgehead atoms. The van der Waals surface area contributed by atoms with Gasteiger partial charge in [-0.05, 0) is 49.2 Å². The largest absolute Gasteiger partial charge is 0.573 e. The number of hydrogen-bond donors (Lipinski definition) is 2. The van der Waals surface area contributed by atoms with Gasteiger partial charge in [-0.2, -0.15) is 4.98 Å². The van der Waals surface area contributed by atoms with Gasteiger partial charge in [-0.1, -0.05) is 0 Å². The molecule has 2 aromatic heterocycles. The van der Waals surface area contributed by atoms with Crippen molar-refractivity contribution in [3.8, 4) is 17.1 Å². The van der Waals surface area contributed by atoms with Crippen LogP contribution in [0, 0.1) is 0 Å². The van der Waals surface area contributed by atoms with Crippen molar-refractivity contribution >= 4 is 17.5 Å². The van der Waals surface area contributed by atoms with Gasteiger partial charge in [0.15, 0.2) is 5.82 Å². The van der Waals surface area contributed by atoms with E-state index in [-0.39, 0.29) is 24.3 Å². The Morgan fingerprint density at radius 2 is 1.90 bits per heavy atom. The molecule has 2 N–H and O–H groups in total. The van der Waals surface area contributed by atoms with Gasteiger partial charge >= 0.3 is 6.36 Å². The molecule has 8 nitrogen and oxygen atoms in total. The zero-order chi connectivity index (χ0) is 21.8. The Hall–Kier alpha value is -3.47. The summed E-state index contributed by atoms with van der Waals surface area (Å²) in [5, 5.41) is 12.4. The first-order valence-corrected chi connectivity index (χ1v) is 9.57. The second kappa shape index (κ2) is 8.72. The fraction of sp³-hybridized carbons (Fsp3) is 0.300. The van der Waals surface area contributed by atoms with E-state index >= 15 is 0 Å². The van der Waals surface area contributed by atoms with Gasteiger partial charge in [0.1, 0.15) is 17.9 Å². The first-order chi connectivity index (χ1) is 14.9. The van der Waals surface area contributed by atoms with Crippen molar-refractivity contribution in [2.24, 2.45) is 0 Å². The highest BCUT2D eigenvalue weighted by Crippen LogP contribution is 2.26. The number of aliphatic hydroxyl groups excluding tert-OH is 1. The number of nitrogens with one attached hydrogen (secondary N) is 1. The molecule has 1 atom stereocenters. The van der Waals surface area contributed by atoms with E-state index in [0.717, 1.165) is 25.2 Å². The third-order valence-electron chi connectivity index (χ3n) is 4.80. The van der Waals surface area contributed by atoms with E-state index in [1.165, 1.54) is 30.6 Å². The molecule has 1 saturated heterocycles. The Bertz CT molecular complexity index is 1010. The minimum Gasteiger partial charge on any atom is -0.406 e. The van der Waals surface area contributed by atoms with Gasteiger partial charge in [0, 0.05) is 24.0 Å². The van der Waals surface area contributed by atoms with E-state index in [9.17, 15) is 18.3 Å². The molecule has 0 aliphatic carbocycles. The molecule has 11 heteroatoms. The van der Waals surface area contributed by atoms with Gasteiger partial charge in [-0.15, -0.1) is 13.2 Å². The van der Waals surface area contributed by atoms with Crippen molar-refractivity contribution in [3.05, 3.63) is 48.9 Å². The predicted octanol–water partition coefficient (Wildman–Crippen LogP) is 3.54. The maximum Gasteiger partial charge on any atom is 0.573 e. The molecule has 31 heavy (non-hydrogen) atoms. The van der Waals surface area contributed by atoms with E-state index in [1.807, 2.05) is 12.1 Å². The maximum atomic E-state index is 12.3. The summed E-state index contributed by atoms with van der Waals surface area (Å²) in [4.78, 5) is 19.1. The minimum atomic E-state index is -4.74. The van der Waals surface area contributed by atoms with Gasteiger partial charge in [0.2, 0.25) is 5.95 Å². The summed E-state index contributed by atoms with van der Waals surface area (Å²) in [6.45, 7) is 0.944. The Balaban J connectivity index is 1.46. The maximum absolute atomic E-state index is 12.3. The highest BCUT2D eigenvalue weighted by molar-refractivity contribution is 5.60. The topological polar surface area (TPSA) is 96.3 Å². The molecule has 4 rings (SSSR count). The third-order valence-corrected chi connectivity index (χ3v) is 4.80. The Kier molecular flexibility index (Phi) is 5.85. The van der Waals surface area contributed by atoms with Crippen LogP contribution in [0.5, 0.6) is 5.75 Å². The molecule has 0 saturated carbocycles. The van der Waals surface area contributed by atoms with Crippen LogP contribution in [0.25, 0.3) is 11.4 Å². The number of ether oxygens (including phenoxy) is 1. The molecule has 1 fully saturated rings. The van der Waals surface area contributed by atoms with Crippen molar-refractivity contribution < 1.29 is 23.0 Å². The summed E-state index contributed by atoms with van der Waals surface area (Å²) >= 11 is 0. The Labute approximate surface area is 175 Å². The second-order valence-corrected chi connectivity index (χ2v) is 6.91. The number of aliphatic hydroxyl groups is 1. The van der Waals surface area contributed by atoms with Crippen LogP contribution in [0.3, 0.4) is 0 Å². The zero-order valence-electron chi connectivity index (χ0n) is 16.3. The molecule has 0 amide bonds. The van der Waals surface area contributed by atoms with Crippen molar-refractivity contribution in [1.29, 1.82) is 0 Å². The van der Waals surface area contributed by atoms with Crippen molar-refractivity contribution in [1.82, 2.24) is 19.9 Å². The summed E-state index contributed by atoms with van der Waals surface area (Å²) in [5.41, 5.74) is 1.17. The fourth-order valence-corrected chi connectivity index (χ4v) is 3.38. The molecular formula is C20H19F3N6O2. The number of alkyl halides is 3. The summed E-state index contributed by atoms with van der Waals surface area (Å²) in [6, 6.07) is 9.02. The van der Waals surface area contributed by atoms with E-state index < -0.39 is 6.36 Å². The molecule has 1 aromatic carbocycles. The first-order valence-electron chi connectivity index (χ1n) is 9.57. The Morgan fingerprint density at radius 3 is 2.58 bits per heavy atom. The Morgan fingerprint density at radius 1 is 1.10 bits per heavy atom. The third kappa shape index (κ3) is 5.18. The summed E-state index contributed by atoms with van der Waals surface area (Å²) in [6.07, 6.45) is 0.202. The van der Waals surface area contributed by atoms with Crippen LogP contribution >= 0.6 is 0 Å². The minimum absolute atomic E-state index is 0.0826. The molecule has 162 valence electrons. The number of rotatable bonds is 6. The lowest BCUT2D eigenvalue weighted by Crippen LogP contribution is -2.32. The average Bonchev–Trinajstić information content (AvgIpc) is 3.23. The molecule has 1 aliphatic heterocycles. The molecule has 0 radical (unpaired) electrons. The van der Waals surface area contributed by atoms with Crippen LogP contribution in [-0.4, -0.2) is 50.6 Å². The molecule has 3 aromatic rings. The number of hydrogen-bond acceptors (Lipinski definition) is 8. The van der Waals surface area contributed by atoms with E-state index in [0.29, 0.717) is 17.1 Å². The van der Waals surface area contributed by atoms with E-state index in [2.05, 4.69) is 34.9 Å². The molecule has 0 spiro atoms. The molecule has 3 heterocycles. The quantitative estimate of drug-likeness (QED) is 0.611. The van der Waals surface area contributed by atoms with Crippen LogP contribution in [0.2, 0.25) is 0 Å². The second-order valence-electron chi connectivity index (χ2n) is 6.91. The average molecular weight is 432 g/mol. The number of benzene rings is 1. The van der Waals surface area contributed by atoms with Gasteiger partial charge in [0.25, 0.3) is 0 Å². The number of anilines is 3. The first kappa shape index (κ1) is 20.8. The molecule has 0 unspecified atom stereocenters. The smallest absolute Gasteiger partial charge is 0.406 e. The lowest BCUT2D eigenvalue weighted by atomic mass is 10.2. The highest BCUT2D eigenvalue weighted by atomic mass is 19.4. The van der Waals surface area contributed by atoms with Gasteiger partial charge in [-0.3, -0.25) is 0 Å². The van der Waals surface area contributed by atoms with Crippen molar-refractivity contribution in [2.45, 2.75) is 25.2 Å². The van der Waals surface area contributed by atoms with Gasteiger partial charge in [0.05, 0.1) is 12.6 Å². The SMILES string of the molecule is OC[C@H]1CCCN1c1ccc(-c2ncnc(Nc3ccc(OC(F)(F)F)cc3)n2)cn1. The van der Waals surface area contributed by atoms with Crippen LogP contribution in [0.4, 0.5) is 30.6 Å². The van der Waals surface area contributed by atoms with E-state index in [4.69, 9.17) is 0 Å². The number of halogens is 3. The monoisotopic (exact) mass is 432 g/mol. The standard InChI is InChI=1S/C20H19F3N6O2/c21-20(22,23)31-16-6-4-14(5-7-16)27-19-26-12-25-18(28-19)13-3-8-17(24-10-13)29-9-1-2-15(29)11-30/h3-8,10,12,15,30H,1-2,9,11H2,(H,25,26,27,28)/t15-/m1/s1. The normalized spacial score (nSPS) is 16.4. The molecular weight excluding hydrogens is 413 g/mol. The number of pyridine rings is 1. The summed E-state index contributed by atoms with van der Waals surface area (Å²) in [5.74, 6) is 1.10. The summed E-state index contributed by atoms with van der Waals surface area (Å²) in [7, 11) is 0. The fourth-order valence-electron chi connectivity index (χ4n) is 3.38. The van der Waals surface area contributed by atoms with Crippen molar-refractivity contribution in [2.75, 3.05) is 23.4 Å². The number of nitrogens with zero attached hydrogens (tertiary/aromatic N) is 5. The lowest BCUT2D eigenvalue weighted by Gasteiger charge is -2.24. The van der Waals surface area contributed by atoms with Gasteiger partial charge in [-0.25, -0.2) is 15.0 Å². The van der Waals surface area contributed by atoms with Crippen LogP contribution < -0.4 is 15.0 Å². The van der Waals surface area contributed by atoms with Crippen LogP contribution in [-0.2, 0) is 0 Å². The van der Waals surface area contributed by atoms with Crippen LogP contribution in [0.15, 0.2) is 48.9 Å². The van der Waals surface area contributed by atoms with Gasteiger partial charge < -0.3 is 20.1 Å².